The molecule has 15 nitrogen and oxygen atoms in total. The van der Waals surface area contributed by atoms with Crippen LogP contribution in [-0.4, -0.2) is 96.5 Å². The molecule has 4 N–H and O–H groups in total. The predicted molar refractivity (Wildman–Crippen MR) is 290 cm³/mol. The summed E-state index contributed by atoms with van der Waals surface area (Å²) in [6.45, 7) is 17.4. The first-order valence-electron chi connectivity index (χ1n) is 24.1. The molecule has 2 aliphatic rings. The summed E-state index contributed by atoms with van der Waals surface area (Å²) in [6.07, 6.45) is 1.61. The number of β-amino-alcohol motifs (C(OH)–C–C–N with tert-alkyl or cyclic N) is 1. The molecule has 19 heteroatoms. The van der Waals surface area contributed by atoms with Gasteiger partial charge >= 0.3 is 0 Å². The Morgan fingerprint density at radius 3 is 2.37 bits per heavy atom. The van der Waals surface area contributed by atoms with Crippen LogP contribution in [0.3, 0.4) is 0 Å². The number of benzene rings is 3. The van der Waals surface area contributed by atoms with Gasteiger partial charge in [-0.25, -0.2) is 4.98 Å². The number of hydrogen-bond donors (Lipinski definition) is 5. The van der Waals surface area contributed by atoms with Crippen molar-refractivity contribution in [2.45, 2.75) is 116 Å². The second-order valence-electron chi connectivity index (χ2n) is 19.7. The Bertz CT molecular complexity index is 3100. The zero-order chi connectivity index (χ0) is 52.5. The number of hydrogen-bond acceptors (Lipinski definition) is 13. The minimum absolute atomic E-state index is 0.0159. The van der Waals surface area contributed by atoms with Gasteiger partial charge in [0.1, 0.15) is 40.8 Å². The molecule has 2 aliphatic heterocycles. The molecule has 4 amide bonds. The summed E-state index contributed by atoms with van der Waals surface area (Å²) in [6, 6.07) is 17.7. The molecule has 5 heterocycles. The van der Waals surface area contributed by atoms with E-state index in [1.165, 1.54) is 11.0 Å². The Labute approximate surface area is 444 Å². The van der Waals surface area contributed by atoms with Crippen LogP contribution in [0.4, 0.5) is 0 Å². The standard InChI is InChI=1S/C54H60ClN9O6S3/c1-28(25-56-45(67)24-41-50-62-61-33(6)64(50)53-46(29(2)32(5)73-53)47(59-41)35-14-17-38(55)18-15-35)70-40-19-20-43(71)37(22-40)16-21-44(66)60-49(54(7,8)9)52(69)63-26-39(65)23-42(63)51(68)58-30(3)34-10-12-36(13-11-34)48-31(4)57-27-72-48/h10-22,27-28,30,39,41-42,49,65,71H,23-26H2,1-9H3,(H,56,67)(H,58,68)(H,60,66)/b21-16+/t28-,30-,39+,41-,42-,49+/m0/s1. The normalized spacial score (nSPS) is 17.8. The molecule has 73 heavy (non-hydrogen) atoms. The summed E-state index contributed by atoms with van der Waals surface area (Å²) in [5, 5.41) is 30.1. The number of thiophene rings is 1. The highest BCUT2D eigenvalue weighted by molar-refractivity contribution is 7.80. The van der Waals surface area contributed by atoms with Gasteiger partial charge in [0.05, 0.1) is 46.9 Å². The third-order valence-corrected chi connectivity index (χ3v) is 15.9. The minimum Gasteiger partial charge on any atom is -0.489 e. The molecule has 1 saturated heterocycles. The molecule has 3 aromatic carbocycles. The molecule has 0 bridgehead atoms. The fraction of sp³-hybridized carbons (Fsp3) is 0.370. The predicted octanol–water partition coefficient (Wildman–Crippen LogP) is 8.88. The Morgan fingerprint density at radius 1 is 0.973 bits per heavy atom. The molecule has 0 radical (unpaired) electrons. The van der Waals surface area contributed by atoms with Gasteiger partial charge in [-0.05, 0) is 106 Å². The number of rotatable bonds is 15. The molecule has 3 aromatic heterocycles. The summed E-state index contributed by atoms with van der Waals surface area (Å²) in [5.74, 6) is 0.117. The fourth-order valence-corrected chi connectivity index (χ4v) is 11.4. The zero-order valence-corrected chi connectivity index (χ0v) is 45.5. The van der Waals surface area contributed by atoms with Crippen LogP contribution in [-0.2, 0) is 19.2 Å². The summed E-state index contributed by atoms with van der Waals surface area (Å²) in [4.78, 5) is 69.1. The second-order valence-corrected chi connectivity index (χ2v) is 22.7. The first-order valence-corrected chi connectivity index (χ1v) is 26.6. The van der Waals surface area contributed by atoms with Crippen molar-refractivity contribution in [2.75, 3.05) is 13.1 Å². The van der Waals surface area contributed by atoms with Crippen LogP contribution in [0.25, 0.3) is 21.5 Å². The lowest BCUT2D eigenvalue weighted by Crippen LogP contribution is -2.57. The monoisotopic (exact) mass is 1060 g/mol. The number of halogens is 1. The number of thiazole rings is 1. The maximum Gasteiger partial charge on any atom is 0.246 e. The van der Waals surface area contributed by atoms with Crippen LogP contribution in [0.15, 0.2) is 88.2 Å². The molecule has 0 spiro atoms. The van der Waals surface area contributed by atoms with Crippen LogP contribution in [0, 0.1) is 33.1 Å². The molecule has 0 aliphatic carbocycles. The highest BCUT2D eigenvalue weighted by atomic mass is 35.5. The highest BCUT2D eigenvalue weighted by Gasteiger charge is 2.45. The van der Waals surface area contributed by atoms with Gasteiger partial charge in [-0.3, -0.25) is 28.7 Å². The third-order valence-electron chi connectivity index (χ3n) is 13.1. The van der Waals surface area contributed by atoms with Crippen molar-refractivity contribution in [3.05, 3.63) is 133 Å². The number of carbonyl (C=O) groups is 4. The van der Waals surface area contributed by atoms with Gasteiger partial charge in [0, 0.05) is 45.0 Å². The highest BCUT2D eigenvalue weighted by Crippen LogP contribution is 2.40. The van der Waals surface area contributed by atoms with Crippen LogP contribution in [0.1, 0.15) is 110 Å². The Kier molecular flexibility index (Phi) is 16.1. The van der Waals surface area contributed by atoms with E-state index in [2.05, 4.69) is 57.6 Å². The number of aryl methyl sites for hydroxylation is 3. The Balaban J connectivity index is 0.882. The smallest absolute Gasteiger partial charge is 0.246 e. The van der Waals surface area contributed by atoms with Crippen molar-refractivity contribution in [3.63, 3.8) is 0 Å². The molecule has 6 atom stereocenters. The van der Waals surface area contributed by atoms with Crippen molar-refractivity contribution < 1.29 is 29.0 Å². The number of thiol groups is 1. The van der Waals surface area contributed by atoms with Gasteiger partial charge in [-0.15, -0.1) is 45.5 Å². The number of amides is 4. The number of carbonyl (C=O) groups excluding carboxylic acids is 4. The quantitative estimate of drug-likeness (QED) is 0.0494. The van der Waals surface area contributed by atoms with E-state index < -0.39 is 53.5 Å². The van der Waals surface area contributed by atoms with Crippen LogP contribution < -0.4 is 20.7 Å². The summed E-state index contributed by atoms with van der Waals surface area (Å²) in [5.41, 5.74) is 8.22. The number of ether oxygens (including phenoxy) is 1. The molecule has 0 unspecified atom stereocenters. The van der Waals surface area contributed by atoms with Crippen LogP contribution >= 0.6 is 46.9 Å². The second kappa shape index (κ2) is 22.1. The Morgan fingerprint density at radius 2 is 1.68 bits per heavy atom. The Hall–Kier alpha value is -6.18. The topological polar surface area (TPSA) is 193 Å². The number of aliphatic hydroxyl groups excluding tert-OH is 1. The number of aliphatic imine (C=N–C) groups is 1. The zero-order valence-electron chi connectivity index (χ0n) is 42.2. The minimum atomic E-state index is -1.03. The van der Waals surface area contributed by atoms with Crippen molar-refractivity contribution in [3.8, 4) is 21.2 Å². The average molecular weight is 1060 g/mol. The van der Waals surface area contributed by atoms with Gasteiger partial charge in [-0.1, -0.05) is 68.8 Å². The number of likely N-dealkylation sites (tertiary alicyclic amines) is 1. The van der Waals surface area contributed by atoms with Gasteiger partial charge in [0.15, 0.2) is 5.82 Å². The lowest BCUT2D eigenvalue weighted by atomic mass is 9.85. The fourth-order valence-electron chi connectivity index (χ4n) is 9.02. The summed E-state index contributed by atoms with van der Waals surface area (Å²) >= 11 is 14.1. The van der Waals surface area contributed by atoms with E-state index in [4.69, 9.17) is 21.3 Å². The molecule has 1 fully saturated rings. The number of aromatic nitrogens is 4. The van der Waals surface area contributed by atoms with Crippen molar-refractivity contribution in [2.24, 2.45) is 10.4 Å². The first kappa shape index (κ1) is 53.1. The van der Waals surface area contributed by atoms with Gasteiger partial charge in [0.25, 0.3) is 0 Å². The van der Waals surface area contributed by atoms with Crippen LogP contribution in [0.5, 0.6) is 5.75 Å². The van der Waals surface area contributed by atoms with Crippen molar-refractivity contribution in [1.29, 1.82) is 0 Å². The first-order chi connectivity index (χ1) is 34.7. The van der Waals surface area contributed by atoms with E-state index in [-0.39, 0.29) is 37.9 Å². The summed E-state index contributed by atoms with van der Waals surface area (Å²) < 4.78 is 8.24. The van der Waals surface area contributed by atoms with E-state index in [9.17, 15) is 24.3 Å². The lowest BCUT2D eigenvalue weighted by Gasteiger charge is -2.35. The number of nitrogens with zero attached hydrogens (tertiary/aromatic N) is 6. The third kappa shape index (κ3) is 11.9. The molecule has 8 rings (SSSR count). The van der Waals surface area contributed by atoms with Gasteiger partial charge in [0.2, 0.25) is 23.6 Å². The van der Waals surface area contributed by atoms with Gasteiger partial charge < -0.3 is 30.7 Å². The van der Waals surface area contributed by atoms with E-state index >= 15 is 0 Å². The molecular formula is C54H60ClN9O6S3. The maximum atomic E-state index is 14.3. The SMILES string of the molecule is Cc1ncsc1-c1ccc([C@H](C)NC(=O)[C@@H]2C[C@@H](O)CN2C(=O)[C@@H](NC(=O)/C=C/c2cc(O[C@@H](C)CNC(=O)C[C@@H]3N=C(c4ccc(Cl)cc4)c4c(sc(C)c4C)-n4c(C)nnc43)ccc2S)C(C)(C)C)cc1. The summed E-state index contributed by atoms with van der Waals surface area (Å²) in [7, 11) is 0. The van der Waals surface area contributed by atoms with Crippen LogP contribution in [0.2, 0.25) is 5.02 Å². The van der Waals surface area contributed by atoms with E-state index in [1.54, 1.807) is 46.9 Å². The number of nitrogens with one attached hydrogen (secondary N) is 3. The molecule has 6 aromatic rings. The van der Waals surface area contributed by atoms with E-state index in [0.717, 1.165) is 54.0 Å². The van der Waals surface area contributed by atoms with Gasteiger partial charge in [-0.2, -0.15) is 0 Å². The number of fused-ring (bicyclic) bond motifs is 3. The molecule has 382 valence electrons. The van der Waals surface area contributed by atoms with Crippen molar-refractivity contribution in [1.82, 2.24) is 40.6 Å². The maximum absolute atomic E-state index is 14.3. The largest absolute Gasteiger partial charge is 0.489 e. The van der Waals surface area contributed by atoms with E-state index in [0.29, 0.717) is 32.9 Å². The number of aliphatic hydroxyl groups is 1. The molecular weight excluding hydrogens is 1000 g/mol. The van der Waals surface area contributed by atoms with E-state index in [1.807, 2.05) is 107 Å². The van der Waals surface area contributed by atoms with Crippen molar-refractivity contribution >= 4 is 82.3 Å². The molecule has 0 saturated carbocycles. The lowest BCUT2D eigenvalue weighted by molar-refractivity contribution is -0.143. The average Bonchev–Trinajstić information content (AvgIpc) is 4.12.